The van der Waals surface area contributed by atoms with E-state index >= 15 is 0 Å². The van der Waals surface area contributed by atoms with Crippen molar-refractivity contribution in [1.29, 1.82) is 0 Å². The number of nitrogens with one attached hydrogen (secondary N) is 1. The van der Waals surface area contributed by atoms with Crippen LogP contribution in [0.3, 0.4) is 0 Å². The predicted octanol–water partition coefficient (Wildman–Crippen LogP) is 3.13. The number of aryl methyl sites for hydroxylation is 1. The number of halogens is 1. The molecule has 4 rings (SSSR count). The van der Waals surface area contributed by atoms with Gasteiger partial charge in [-0.3, -0.25) is 4.90 Å². The maximum atomic E-state index is 3.93. The van der Waals surface area contributed by atoms with Crippen LogP contribution in [0.1, 0.15) is 36.8 Å². The van der Waals surface area contributed by atoms with E-state index in [1.807, 2.05) is 0 Å². The summed E-state index contributed by atoms with van der Waals surface area (Å²) in [6.45, 7) is 2.60. The van der Waals surface area contributed by atoms with Gasteiger partial charge in [0.1, 0.15) is 0 Å². The van der Waals surface area contributed by atoms with Gasteiger partial charge in [0.15, 0.2) is 0 Å². The molecule has 1 aromatic carbocycles. The number of fused-ring (bicyclic) bond motifs is 1. The van der Waals surface area contributed by atoms with Crippen molar-refractivity contribution in [2.75, 3.05) is 13.1 Å². The van der Waals surface area contributed by atoms with Crippen LogP contribution in [0.4, 0.5) is 0 Å². The minimum absolute atomic E-state index is 0.688. The Morgan fingerprint density at radius 1 is 1.05 bits per heavy atom. The lowest BCUT2D eigenvalue weighted by molar-refractivity contribution is 0.308. The molecule has 1 saturated carbocycles. The summed E-state index contributed by atoms with van der Waals surface area (Å²) in [6.07, 6.45) is 7.97. The van der Waals surface area contributed by atoms with E-state index in [1.54, 1.807) is 11.1 Å². The molecule has 0 spiro atoms. The molecule has 0 aromatic heterocycles. The molecular weight excluding hydrogens is 312 g/mol. The molecule has 1 heterocycles. The lowest BCUT2D eigenvalue weighted by Crippen LogP contribution is -2.43. The fourth-order valence-corrected chi connectivity index (χ4v) is 4.30. The lowest BCUT2D eigenvalue weighted by Gasteiger charge is -2.28. The molecule has 2 aliphatic carbocycles. The van der Waals surface area contributed by atoms with E-state index in [0.29, 0.717) is 6.04 Å². The first-order valence-electron chi connectivity index (χ1n) is 8.05. The van der Waals surface area contributed by atoms with Crippen molar-refractivity contribution in [3.8, 4) is 0 Å². The van der Waals surface area contributed by atoms with Crippen molar-refractivity contribution >= 4 is 15.9 Å². The second kappa shape index (κ2) is 5.43. The molecule has 1 aromatic rings. The highest BCUT2D eigenvalue weighted by molar-refractivity contribution is 9.10. The average Bonchev–Trinajstić information content (AvgIpc) is 3.20. The number of nitrogens with zero attached hydrogens (tertiary/aromatic N) is 1. The van der Waals surface area contributed by atoms with Crippen molar-refractivity contribution in [2.45, 2.75) is 56.7 Å². The largest absolute Gasteiger partial charge is 0.310 e. The maximum Gasteiger partial charge on any atom is 0.0210 e. The van der Waals surface area contributed by atoms with Crippen LogP contribution in [0.5, 0.6) is 0 Å². The lowest BCUT2D eigenvalue weighted by atomic mass is 9.88. The summed E-state index contributed by atoms with van der Waals surface area (Å²) in [6, 6.07) is 9.15. The Labute approximate surface area is 130 Å². The van der Waals surface area contributed by atoms with Crippen LogP contribution in [0.2, 0.25) is 0 Å². The topological polar surface area (TPSA) is 15.3 Å². The van der Waals surface area contributed by atoms with Crippen molar-refractivity contribution in [1.82, 2.24) is 10.2 Å². The van der Waals surface area contributed by atoms with E-state index in [2.05, 4.69) is 44.3 Å². The monoisotopic (exact) mass is 334 g/mol. The first kappa shape index (κ1) is 13.3. The molecule has 1 aliphatic heterocycles. The molecule has 2 nitrogen and oxygen atoms in total. The second-order valence-corrected chi connectivity index (χ2v) is 7.65. The van der Waals surface area contributed by atoms with E-state index in [4.69, 9.17) is 0 Å². The molecular formula is C17H23BrN2. The van der Waals surface area contributed by atoms with Gasteiger partial charge in [-0.15, -0.1) is 0 Å². The van der Waals surface area contributed by atoms with E-state index in [-0.39, 0.29) is 0 Å². The first-order chi connectivity index (χ1) is 9.78. The number of hydrogen-bond acceptors (Lipinski definition) is 2. The molecule has 0 radical (unpaired) electrons. The van der Waals surface area contributed by atoms with Crippen molar-refractivity contribution in [3.05, 3.63) is 33.8 Å². The molecule has 1 N–H and O–H groups in total. The number of likely N-dealkylation sites (tertiary alicyclic amines) is 1. The number of hydrogen-bond donors (Lipinski definition) is 1. The molecule has 2 fully saturated rings. The third-order valence-corrected chi connectivity index (χ3v) is 5.64. The van der Waals surface area contributed by atoms with Gasteiger partial charge >= 0.3 is 0 Å². The minimum atomic E-state index is 0.688. The Morgan fingerprint density at radius 2 is 1.95 bits per heavy atom. The van der Waals surface area contributed by atoms with Gasteiger partial charge in [-0.1, -0.05) is 22.0 Å². The Balaban J connectivity index is 1.35. The molecule has 3 aliphatic rings. The van der Waals surface area contributed by atoms with Crippen LogP contribution < -0.4 is 5.32 Å². The molecule has 0 amide bonds. The minimum Gasteiger partial charge on any atom is -0.310 e. The van der Waals surface area contributed by atoms with Gasteiger partial charge in [-0.25, -0.2) is 0 Å². The summed E-state index contributed by atoms with van der Waals surface area (Å²) >= 11 is 3.58. The zero-order valence-electron chi connectivity index (χ0n) is 11.9. The standard InChI is InChI=1S/C17H23BrN2/c18-14-3-1-13-10-15(4-2-12(13)9-14)19-16-7-8-20(11-16)17-5-6-17/h1,3,9,15-17,19H,2,4-8,10-11H2. The Bertz CT molecular complexity index is 498. The van der Waals surface area contributed by atoms with Crippen molar-refractivity contribution in [2.24, 2.45) is 0 Å². The van der Waals surface area contributed by atoms with Crippen LogP contribution >= 0.6 is 15.9 Å². The highest BCUT2D eigenvalue weighted by atomic mass is 79.9. The summed E-state index contributed by atoms with van der Waals surface area (Å²) in [5.41, 5.74) is 3.09. The highest BCUT2D eigenvalue weighted by Gasteiger charge is 2.35. The number of benzene rings is 1. The summed E-state index contributed by atoms with van der Waals surface area (Å²) in [7, 11) is 0. The highest BCUT2D eigenvalue weighted by Crippen LogP contribution is 2.30. The molecule has 20 heavy (non-hydrogen) atoms. The summed E-state index contributed by atoms with van der Waals surface area (Å²) in [5.74, 6) is 0. The van der Waals surface area contributed by atoms with E-state index in [9.17, 15) is 0 Å². The van der Waals surface area contributed by atoms with E-state index < -0.39 is 0 Å². The molecule has 1 saturated heterocycles. The molecule has 108 valence electrons. The SMILES string of the molecule is Brc1ccc2c(c1)CCC(NC1CCN(C3CC3)C1)C2. The fraction of sp³-hybridized carbons (Fsp3) is 0.647. The van der Waals surface area contributed by atoms with Gasteiger partial charge in [0.2, 0.25) is 0 Å². The van der Waals surface area contributed by atoms with Gasteiger partial charge in [0.05, 0.1) is 0 Å². The van der Waals surface area contributed by atoms with Gasteiger partial charge in [-0.05, 0) is 61.8 Å². The molecule has 3 heteroatoms. The Morgan fingerprint density at radius 3 is 2.80 bits per heavy atom. The Hall–Kier alpha value is -0.380. The van der Waals surface area contributed by atoms with Crippen LogP contribution in [0.25, 0.3) is 0 Å². The van der Waals surface area contributed by atoms with Gasteiger partial charge in [0.25, 0.3) is 0 Å². The molecule has 2 atom stereocenters. The average molecular weight is 335 g/mol. The maximum absolute atomic E-state index is 3.93. The zero-order valence-corrected chi connectivity index (χ0v) is 13.5. The first-order valence-corrected chi connectivity index (χ1v) is 8.84. The van der Waals surface area contributed by atoms with Gasteiger partial charge in [0, 0.05) is 35.7 Å². The normalized spacial score (nSPS) is 30.4. The van der Waals surface area contributed by atoms with Crippen LogP contribution in [0.15, 0.2) is 22.7 Å². The van der Waals surface area contributed by atoms with Crippen LogP contribution in [0, 0.1) is 0 Å². The summed E-state index contributed by atoms with van der Waals surface area (Å²) in [5, 5.41) is 3.93. The third kappa shape index (κ3) is 2.81. The van der Waals surface area contributed by atoms with Gasteiger partial charge in [-0.2, -0.15) is 0 Å². The van der Waals surface area contributed by atoms with Gasteiger partial charge < -0.3 is 5.32 Å². The molecule has 2 unspecified atom stereocenters. The van der Waals surface area contributed by atoms with Crippen LogP contribution in [-0.4, -0.2) is 36.1 Å². The quantitative estimate of drug-likeness (QED) is 0.913. The summed E-state index contributed by atoms with van der Waals surface area (Å²) in [4.78, 5) is 2.70. The van der Waals surface area contributed by atoms with Crippen molar-refractivity contribution < 1.29 is 0 Å². The fourth-order valence-electron chi connectivity index (χ4n) is 3.89. The summed E-state index contributed by atoms with van der Waals surface area (Å²) < 4.78 is 1.22. The zero-order chi connectivity index (χ0) is 13.5. The van der Waals surface area contributed by atoms with Crippen molar-refractivity contribution in [3.63, 3.8) is 0 Å². The Kier molecular flexibility index (Phi) is 3.61. The predicted molar refractivity (Wildman–Crippen MR) is 86.1 cm³/mol. The second-order valence-electron chi connectivity index (χ2n) is 6.73. The third-order valence-electron chi connectivity index (χ3n) is 5.15. The smallest absolute Gasteiger partial charge is 0.0210 e. The van der Waals surface area contributed by atoms with E-state index in [0.717, 1.165) is 12.1 Å². The molecule has 0 bridgehead atoms. The van der Waals surface area contributed by atoms with E-state index in [1.165, 1.54) is 56.1 Å². The number of rotatable bonds is 3. The van der Waals surface area contributed by atoms with Crippen LogP contribution in [-0.2, 0) is 12.8 Å².